The molecule has 13 heteroatoms. The second-order valence-corrected chi connectivity index (χ2v) is 11.4. The number of aromatic nitrogens is 5. The smallest absolute Gasteiger partial charge is 0.329 e. The van der Waals surface area contributed by atoms with Crippen LogP contribution in [0, 0.1) is 0 Å². The summed E-state index contributed by atoms with van der Waals surface area (Å²) in [6.07, 6.45) is -4.58. The zero-order valence-corrected chi connectivity index (χ0v) is 23.8. The van der Waals surface area contributed by atoms with E-state index in [4.69, 9.17) is 4.98 Å². The van der Waals surface area contributed by atoms with Crippen molar-refractivity contribution in [3.63, 3.8) is 0 Å². The minimum absolute atomic E-state index is 0.0862. The predicted molar refractivity (Wildman–Crippen MR) is 148 cm³/mol. The van der Waals surface area contributed by atoms with E-state index < -0.39 is 23.5 Å². The second-order valence-electron chi connectivity index (χ2n) is 11.4. The van der Waals surface area contributed by atoms with Gasteiger partial charge in [0.25, 0.3) is 5.95 Å². The van der Waals surface area contributed by atoms with Crippen LogP contribution < -0.4 is 4.90 Å². The van der Waals surface area contributed by atoms with Crippen molar-refractivity contribution in [1.82, 2.24) is 30.1 Å². The summed E-state index contributed by atoms with van der Waals surface area (Å²) >= 11 is 0. The topological polar surface area (TPSA) is 63.0 Å². The van der Waals surface area contributed by atoms with Gasteiger partial charge in [-0.25, -0.2) is 0 Å². The van der Waals surface area contributed by atoms with E-state index >= 15 is 0 Å². The lowest BCUT2D eigenvalue weighted by atomic mass is 10.0. The third-order valence-corrected chi connectivity index (χ3v) is 8.01. The molecule has 0 bridgehead atoms. The van der Waals surface area contributed by atoms with Gasteiger partial charge in [-0.15, -0.1) is 5.10 Å². The van der Waals surface area contributed by atoms with Crippen LogP contribution in [0.3, 0.4) is 0 Å². The number of hydrogen-bond acceptors (Lipinski definition) is 6. The molecule has 2 aliphatic rings. The molecule has 6 rings (SSSR count). The summed E-state index contributed by atoms with van der Waals surface area (Å²) in [5.41, 5.74) is 0.737. The fourth-order valence-corrected chi connectivity index (χ4v) is 5.58. The van der Waals surface area contributed by atoms with E-state index in [0.29, 0.717) is 18.6 Å². The van der Waals surface area contributed by atoms with Gasteiger partial charge in [0.15, 0.2) is 0 Å². The maximum atomic E-state index is 13.6. The standard InChI is InChI=1S/C30H31F6N7/c1-3-19-5-4-6-20-13-21(26(37-27(19)20)17-43(24-7-8-24)25-9-10-25)16-42(28-38-40-41(2)39-28)15-18-11-22(29(31,32)33)14-23(12-18)30(34,35)36/h4-6,11-14,24-25H,3,7-10,15-17H2,1-2H3. The molecule has 2 saturated carbocycles. The molecule has 0 radical (unpaired) electrons. The lowest BCUT2D eigenvalue weighted by molar-refractivity contribution is -0.143. The summed E-state index contributed by atoms with van der Waals surface area (Å²) in [6, 6.07) is 10.6. The summed E-state index contributed by atoms with van der Waals surface area (Å²) in [5, 5.41) is 13.1. The number of fused-ring (bicyclic) bond motifs is 1. The van der Waals surface area contributed by atoms with Crippen LogP contribution in [0.2, 0.25) is 0 Å². The average molecular weight is 604 g/mol. The van der Waals surface area contributed by atoms with E-state index in [1.54, 1.807) is 11.9 Å². The normalized spacial score (nSPS) is 15.9. The zero-order chi connectivity index (χ0) is 30.5. The van der Waals surface area contributed by atoms with E-state index in [1.807, 2.05) is 24.3 Å². The Bertz CT molecular complexity index is 1580. The number of rotatable bonds is 10. The van der Waals surface area contributed by atoms with E-state index in [-0.39, 0.29) is 30.7 Å². The first-order valence-electron chi connectivity index (χ1n) is 14.3. The van der Waals surface area contributed by atoms with Crippen molar-refractivity contribution < 1.29 is 26.3 Å². The summed E-state index contributed by atoms with van der Waals surface area (Å²) in [7, 11) is 1.54. The van der Waals surface area contributed by atoms with Gasteiger partial charge in [-0.3, -0.25) is 9.88 Å². The Kier molecular flexibility index (Phi) is 7.55. The van der Waals surface area contributed by atoms with E-state index in [0.717, 1.165) is 72.0 Å². The molecule has 2 aliphatic carbocycles. The van der Waals surface area contributed by atoms with E-state index in [2.05, 4.69) is 27.2 Å². The number of alkyl halides is 6. The molecule has 0 spiro atoms. The first-order chi connectivity index (χ1) is 20.4. The molecule has 0 saturated heterocycles. The van der Waals surface area contributed by atoms with Crippen molar-refractivity contribution in [2.45, 2.75) is 83.1 Å². The maximum Gasteiger partial charge on any atom is 0.416 e. The van der Waals surface area contributed by atoms with Crippen LogP contribution in [-0.2, 0) is 45.5 Å². The Morgan fingerprint density at radius 2 is 1.49 bits per heavy atom. The summed E-state index contributed by atoms with van der Waals surface area (Å²) < 4.78 is 81.8. The lowest BCUT2D eigenvalue weighted by Gasteiger charge is -2.26. The first-order valence-corrected chi connectivity index (χ1v) is 14.3. The number of halogens is 6. The number of para-hydroxylation sites is 1. The van der Waals surface area contributed by atoms with Crippen molar-refractivity contribution in [1.29, 1.82) is 0 Å². The van der Waals surface area contributed by atoms with Gasteiger partial charge in [-0.2, -0.15) is 31.1 Å². The van der Waals surface area contributed by atoms with Crippen LogP contribution in [0.4, 0.5) is 32.3 Å². The number of nitrogens with zero attached hydrogens (tertiary/aromatic N) is 7. The van der Waals surface area contributed by atoms with Crippen molar-refractivity contribution in [2.24, 2.45) is 7.05 Å². The fraction of sp³-hybridized carbons (Fsp3) is 0.467. The van der Waals surface area contributed by atoms with Crippen molar-refractivity contribution >= 4 is 16.9 Å². The highest BCUT2D eigenvalue weighted by atomic mass is 19.4. The molecule has 0 aliphatic heterocycles. The van der Waals surface area contributed by atoms with E-state index in [1.165, 1.54) is 4.80 Å². The van der Waals surface area contributed by atoms with E-state index in [9.17, 15) is 26.3 Å². The molecular formula is C30H31F6N7. The van der Waals surface area contributed by atoms with Crippen LogP contribution in [0.15, 0.2) is 42.5 Å². The number of hydrogen-bond donors (Lipinski definition) is 0. The molecule has 2 fully saturated rings. The number of anilines is 1. The quantitative estimate of drug-likeness (QED) is 0.188. The van der Waals surface area contributed by atoms with Crippen molar-refractivity contribution in [3.05, 3.63) is 76.0 Å². The molecule has 2 heterocycles. The van der Waals surface area contributed by atoms with Gasteiger partial charge in [-0.1, -0.05) is 30.2 Å². The highest BCUT2D eigenvalue weighted by Gasteiger charge is 2.40. The molecule has 2 aromatic carbocycles. The number of pyridine rings is 1. The second kappa shape index (κ2) is 11.1. The molecule has 7 nitrogen and oxygen atoms in total. The van der Waals surface area contributed by atoms with Gasteiger partial charge in [0, 0.05) is 37.1 Å². The third-order valence-electron chi connectivity index (χ3n) is 8.01. The van der Waals surface area contributed by atoms with Gasteiger partial charge >= 0.3 is 12.4 Å². The third kappa shape index (κ3) is 6.61. The summed E-state index contributed by atoms with van der Waals surface area (Å²) in [5.74, 6) is 0.0862. The molecule has 4 aromatic rings. The minimum atomic E-state index is -4.95. The monoisotopic (exact) mass is 603 g/mol. The molecule has 228 valence electrons. The molecule has 2 aromatic heterocycles. The predicted octanol–water partition coefficient (Wildman–Crippen LogP) is 6.69. The fourth-order valence-electron chi connectivity index (χ4n) is 5.58. The highest BCUT2D eigenvalue weighted by molar-refractivity contribution is 5.83. The van der Waals surface area contributed by atoms with Crippen LogP contribution >= 0.6 is 0 Å². The maximum absolute atomic E-state index is 13.6. The SMILES string of the molecule is CCc1cccc2cc(CN(Cc3cc(C(F)(F)F)cc(C(F)(F)F)c3)c3nnn(C)n3)c(CN(C3CC3)C3CC3)nc12. The first kappa shape index (κ1) is 29.3. The van der Waals surface area contributed by atoms with Crippen LogP contribution in [0.25, 0.3) is 10.9 Å². The summed E-state index contributed by atoms with van der Waals surface area (Å²) in [6.45, 7) is 2.49. The van der Waals surface area contributed by atoms with Gasteiger partial charge in [0.1, 0.15) is 0 Å². The Morgan fingerprint density at radius 3 is 2.02 bits per heavy atom. The summed E-state index contributed by atoms with van der Waals surface area (Å²) in [4.78, 5) is 10.4. The minimum Gasteiger partial charge on any atom is -0.329 e. The molecule has 0 amide bonds. The van der Waals surface area contributed by atoms with Gasteiger partial charge in [0.05, 0.1) is 29.4 Å². The van der Waals surface area contributed by atoms with Gasteiger partial charge in [0.2, 0.25) is 0 Å². The van der Waals surface area contributed by atoms with Crippen molar-refractivity contribution in [3.8, 4) is 0 Å². The largest absolute Gasteiger partial charge is 0.416 e. The molecule has 43 heavy (non-hydrogen) atoms. The molecular weight excluding hydrogens is 572 g/mol. The number of aryl methyl sites for hydroxylation is 2. The Balaban J connectivity index is 1.42. The van der Waals surface area contributed by atoms with Crippen LogP contribution in [-0.4, -0.2) is 42.2 Å². The Labute approximate surface area is 244 Å². The number of tetrazole rings is 1. The Hall–Kier alpha value is -3.74. The highest BCUT2D eigenvalue weighted by Crippen LogP contribution is 2.40. The van der Waals surface area contributed by atoms with Crippen LogP contribution in [0.5, 0.6) is 0 Å². The molecule has 0 unspecified atom stereocenters. The average Bonchev–Trinajstić information content (AvgIpc) is 3.89. The number of benzene rings is 2. The van der Waals surface area contributed by atoms with Crippen LogP contribution in [0.1, 0.15) is 66.1 Å². The van der Waals surface area contributed by atoms with Gasteiger partial charge in [-0.05, 0) is 78.3 Å². The zero-order valence-electron chi connectivity index (χ0n) is 23.8. The lowest BCUT2D eigenvalue weighted by Crippen LogP contribution is -2.30. The molecule has 0 N–H and O–H groups in total. The van der Waals surface area contributed by atoms with Crippen molar-refractivity contribution in [2.75, 3.05) is 4.90 Å². The van der Waals surface area contributed by atoms with Gasteiger partial charge < -0.3 is 4.90 Å². The Morgan fingerprint density at radius 1 is 0.837 bits per heavy atom. The molecule has 0 atom stereocenters.